The van der Waals surface area contributed by atoms with Gasteiger partial charge in [0, 0.05) is 11.1 Å². The van der Waals surface area contributed by atoms with Crippen LogP contribution in [-0.4, -0.2) is 16.1 Å². The van der Waals surface area contributed by atoms with Gasteiger partial charge in [-0.15, -0.1) is 10.3 Å². The average molecular weight is 212 g/mol. The molecule has 1 heterocycles. The van der Waals surface area contributed by atoms with Gasteiger partial charge in [0.25, 0.3) is 0 Å². The molecule has 0 amide bonds. The molecule has 1 fully saturated rings. The van der Waals surface area contributed by atoms with Gasteiger partial charge in [-0.05, 0) is 51.9 Å². The lowest BCUT2D eigenvalue weighted by molar-refractivity contribution is -0.298. The van der Waals surface area contributed by atoms with E-state index in [9.17, 15) is 5.21 Å². The van der Waals surface area contributed by atoms with Crippen molar-refractivity contribution in [3.63, 3.8) is 0 Å². The van der Waals surface area contributed by atoms with Gasteiger partial charge in [-0.3, -0.25) is 0 Å². The minimum absolute atomic E-state index is 0.223. The maximum atomic E-state index is 12.2. The molecule has 0 N–H and O–H groups in total. The van der Waals surface area contributed by atoms with Gasteiger partial charge in [0.2, 0.25) is 0 Å². The maximum Gasteiger partial charge on any atom is 0.0446 e. The van der Waals surface area contributed by atoms with Crippen LogP contribution >= 0.6 is 0 Å². The highest BCUT2D eigenvalue weighted by Crippen LogP contribution is 2.46. The van der Waals surface area contributed by atoms with E-state index in [1.807, 2.05) is 0 Å². The van der Waals surface area contributed by atoms with Gasteiger partial charge >= 0.3 is 0 Å². The summed E-state index contributed by atoms with van der Waals surface area (Å²) in [7, 11) is 0. The normalized spacial score (nSPS) is 28.0. The Bertz CT molecular complexity index is 219. The lowest BCUT2D eigenvalue weighted by atomic mass is 9.65. The molecule has 0 aromatic rings. The molecule has 2 heteroatoms. The Balaban J connectivity index is 2.94. The molecule has 15 heavy (non-hydrogen) atoms. The van der Waals surface area contributed by atoms with Crippen LogP contribution in [0.25, 0.3) is 0 Å². The Morgan fingerprint density at radius 2 is 1.33 bits per heavy atom. The van der Waals surface area contributed by atoms with Crippen molar-refractivity contribution in [1.82, 2.24) is 5.06 Å². The highest BCUT2D eigenvalue weighted by Gasteiger charge is 2.48. The smallest absolute Gasteiger partial charge is 0.0446 e. The first-order valence-electron chi connectivity index (χ1n) is 5.94. The third-order valence-corrected chi connectivity index (χ3v) is 3.82. The van der Waals surface area contributed by atoms with Crippen LogP contribution in [0.15, 0.2) is 0 Å². The zero-order chi connectivity index (χ0) is 12.1. The second kappa shape index (κ2) is 3.46. The van der Waals surface area contributed by atoms with Crippen molar-refractivity contribution in [3.8, 4) is 0 Å². The van der Waals surface area contributed by atoms with E-state index in [1.54, 1.807) is 0 Å². The largest absolute Gasteiger partial charge is 0.144 e. The molecule has 1 radical (unpaired) electrons. The van der Waals surface area contributed by atoms with Gasteiger partial charge in [0.05, 0.1) is 0 Å². The topological polar surface area (TPSA) is 23.1 Å². The van der Waals surface area contributed by atoms with E-state index in [-0.39, 0.29) is 11.1 Å². The molecule has 0 aromatic heterocycles. The van der Waals surface area contributed by atoms with Crippen molar-refractivity contribution in [2.24, 2.45) is 11.3 Å². The number of hydroxylamine groups is 2. The van der Waals surface area contributed by atoms with E-state index < -0.39 is 0 Å². The highest BCUT2D eigenvalue weighted by atomic mass is 16.5. The molecule has 89 valence electrons. The SMILES string of the molecule is CC(C)(C)C1CC(C)(C)N([O])C(C)(C)C1. The Morgan fingerprint density at radius 1 is 1.00 bits per heavy atom. The standard InChI is InChI=1S/C13H26NO/c1-11(2,3)10-8-12(4,5)14(15)13(6,7)9-10/h10H,8-9H2,1-7H3. The summed E-state index contributed by atoms with van der Waals surface area (Å²) in [6.07, 6.45) is 2.01. The van der Waals surface area contributed by atoms with Crippen molar-refractivity contribution < 1.29 is 5.21 Å². The zero-order valence-electron chi connectivity index (χ0n) is 11.3. The van der Waals surface area contributed by atoms with Crippen molar-refractivity contribution >= 4 is 0 Å². The fourth-order valence-electron chi connectivity index (χ4n) is 2.88. The summed E-state index contributed by atoms with van der Waals surface area (Å²) in [6.45, 7) is 15.1. The quantitative estimate of drug-likeness (QED) is 0.601. The fourth-order valence-corrected chi connectivity index (χ4v) is 2.88. The Kier molecular flexibility index (Phi) is 2.99. The molecule has 0 saturated carbocycles. The molecule has 0 aliphatic carbocycles. The van der Waals surface area contributed by atoms with Crippen LogP contribution in [0.4, 0.5) is 0 Å². The van der Waals surface area contributed by atoms with Gasteiger partial charge in [-0.1, -0.05) is 20.8 Å². The van der Waals surface area contributed by atoms with E-state index in [0.29, 0.717) is 11.3 Å². The second-order valence-corrected chi connectivity index (χ2v) is 7.39. The number of hydrogen-bond acceptors (Lipinski definition) is 1. The van der Waals surface area contributed by atoms with Gasteiger partial charge in [0.15, 0.2) is 0 Å². The summed E-state index contributed by atoms with van der Waals surface area (Å²) in [5, 5.41) is 13.5. The minimum atomic E-state index is -0.223. The summed E-state index contributed by atoms with van der Waals surface area (Å²) < 4.78 is 0. The lowest BCUT2D eigenvalue weighted by Crippen LogP contribution is -2.59. The number of nitrogens with zero attached hydrogens (tertiary/aromatic N) is 1. The van der Waals surface area contributed by atoms with Crippen LogP contribution in [0.1, 0.15) is 61.3 Å². The number of piperidine rings is 1. The molecule has 0 bridgehead atoms. The van der Waals surface area contributed by atoms with E-state index in [1.165, 1.54) is 5.06 Å². The van der Waals surface area contributed by atoms with Crippen molar-refractivity contribution in [2.75, 3.05) is 0 Å². The minimum Gasteiger partial charge on any atom is -0.144 e. The van der Waals surface area contributed by atoms with Crippen LogP contribution in [0.3, 0.4) is 0 Å². The maximum absolute atomic E-state index is 12.2. The monoisotopic (exact) mass is 212 g/mol. The summed E-state index contributed by atoms with van der Waals surface area (Å²) in [6, 6.07) is 0. The number of rotatable bonds is 0. The predicted molar refractivity (Wildman–Crippen MR) is 62.9 cm³/mol. The fraction of sp³-hybridized carbons (Fsp3) is 1.00. The van der Waals surface area contributed by atoms with Crippen molar-refractivity contribution in [2.45, 2.75) is 72.4 Å². The molecule has 0 unspecified atom stereocenters. The Labute approximate surface area is 94.6 Å². The highest BCUT2D eigenvalue weighted by molar-refractivity contribution is 4.98. The van der Waals surface area contributed by atoms with Gasteiger partial charge < -0.3 is 0 Å². The summed E-state index contributed by atoms with van der Waals surface area (Å²) in [4.78, 5) is 0. The van der Waals surface area contributed by atoms with Gasteiger partial charge in [-0.2, -0.15) is 0 Å². The van der Waals surface area contributed by atoms with E-state index in [0.717, 1.165) is 12.8 Å². The van der Waals surface area contributed by atoms with E-state index in [2.05, 4.69) is 48.5 Å². The summed E-state index contributed by atoms with van der Waals surface area (Å²) in [5.74, 6) is 0.632. The molecule has 0 spiro atoms. The lowest BCUT2D eigenvalue weighted by Gasteiger charge is -2.53. The van der Waals surface area contributed by atoms with Gasteiger partial charge in [0.1, 0.15) is 0 Å². The van der Waals surface area contributed by atoms with Crippen LogP contribution in [0.2, 0.25) is 0 Å². The van der Waals surface area contributed by atoms with Crippen molar-refractivity contribution in [3.05, 3.63) is 0 Å². The Hall–Kier alpha value is -0.0800. The molecule has 1 aliphatic heterocycles. The zero-order valence-corrected chi connectivity index (χ0v) is 11.3. The first-order valence-corrected chi connectivity index (χ1v) is 5.94. The molecule has 1 rings (SSSR count). The predicted octanol–water partition coefficient (Wildman–Crippen LogP) is 3.65. The summed E-state index contributed by atoms with van der Waals surface area (Å²) in [5.41, 5.74) is -0.144. The Morgan fingerprint density at radius 3 is 1.60 bits per heavy atom. The molecule has 0 aromatic carbocycles. The van der Waals surface area contributed by atoms with Crippen LogP contribution < -0.4 is 0 Å². The molecule has 1 saturated heterocycles. The second-order valence-electron chi connectivity index (χ2n) is 7.39. The molecule has 2 nitrogen and oxygen atoms in total. The van der Waals surface area contributed by atoms with E-state index >= 15 is 0 Å². The molecule has 1 aliphatic rings. The third kappa shape index (κ3) is 2.54. The average Bonchev–Trinajstić information content (AvgIpc) is 1.97. The van der Waals surface area contributed by atoms with E-state index in [4.69, 9.17) is 0 Å². The molecule has 0 atom stereocenters. The van der Waals surface area contributed by atoms with Crippen LogP contribution in [-0.2, 0) is 5.21 Å². The number of hydrogen-bond donors (Lipinski definition) is 0. The summed E-state index contributed by atoms with van der Waals surface area (Å²) >= 11 is 0. The molecular formula is C13H26NO. The first-order chi connectivity index (χ1) is 6.47. The van der Waals surface area contributed by atoms with Crippen molar-refractivity contribution in [1.29, 1.82) is 0 Å². The van der Waals surface area contributed by atoms with Crippen LogP contribution in [0.5, 0.6) is 0 Å². The first kappa shape index (κ1) is 13.0. The van der Waals surface area contributed by atoms with Crippen LogP contribution in [0, 0.1) is 11.3 Å². The third-order valence-electron chi connectivity index (χ3n) is 3.82. The molecular weight excluding hydrogens is 186 g/mol. The van der Waals surface area contributed by atoms with Gasteiger partial charge in [-0.25, -0.2) is 0 Å².